The largest absolute Gasteiger partial charge is 0.388 e. The molecule has 2 aromatic rings. The molecule has 2 aromatic heterocycles. The smallest absolute Gasteiger partial charge is 0.279 e. The van der Waals surface area contributed by atoms with Crippen LogP contribution in [0.1, 0.15) is 69.3 Å². The zero-order valence-corrected chi connectivity index (χ0v) is 20.4. The molecule has 3 heterocycles. The van der Waals surface area contributed by atoms with Crippen molar-refractivity contribution in [3.05, 3.63) is 33.6 Å². The van der Waals surface area contributed by atoms with Crippen LogP contribution in [0.15, 0.2) is 16.6 Å². The second-order valence-corrected chi connectivity index (χ2v) is 10.0. The molecule has 1 saturated heterocycles. The molecule has 0 aromatic carbocycles. The Labute approximate surface area is 200 Å². The van der Waals surface area contributed by atoms with Gasteiger partial charge in [-0.05, 0) is 39.5 Å². The third kappa shape index (κ3) is 4.58. The molecular weight excluding hydrogens is 430 g/mol. The highest BCUT2D eigenvalue weighted by Gasteiger charge is 2.31. The first-order valence-corrected chi connectivity index (χ1v) is 12.6. The molecule has 1 aliphatic heterocycles. The SMILES string of the molecule is Cc1nc2c(C3CCCCC3)nc(N3CC(C)OC(/C(C=N)=C/NC4CC4)C3)nc2c(=O)n1C. The van der Waals surface area contributed by atoms with E-state index in [0.29, 0.717) is 47.9 Å². The molecule has 3 aliphatic rings. The van der Waals surface area contributed by atoms with Crippen molar-refractivity contribution in [2.24, 2.45) is 7.05 Å². The van der Waals surface area contributed by atoms with E-state index >= 15 is 0 Å². The minimum atomic E-state index is -0.260. The van der Waals surface area contributed by atoms with E-state index in [1.807, 2.05) is 20.0 Å². The lowest BCUT2D eigenvalue weighted by Crippen LogP contribution is -2.48. The van der Waals surface area contributed by atoms with E-state index in [2.05, 4.69) is 10.2 Å². The molecule has 0 bridgehead atoms. The van der Waals surface area contributed by atoms with E-state index in [-0.39, 0.29) is 17.8 Å². The Hall–Kier alpha value is -2.81. The normalized spacial score (nSPS) is 24.4. The Morgan fingerprint density at radius 1 is 1.09 bits per heavy atom. The number of morpholine rings is 1. The summed E-state index contributed by atoms with van der Waals surface area (Å²) in [7, 11) is 1.74. The number of aryl methyl sites for hydroxylation is 1. The first-order chi connectivity index (χ1) is 16.4. The second kappa shape index (κ2) is 9.44. The third-order valence-corrected chi connectivity index (χ3v) is 7.30. The van der Waals surface area contributed by atoms with Crippen LogP contribution in [0.5, 0.6) is 0 Å². The Kier molecular flexibility index (Phi) is 6.38. The fourth-order valence-corrected chi connectivity index (χ4v) is 5.05. The summed E-state index contributed by atoms with van der Waals surface area (Å²) in [6.45, 7) is 5.05. The summed E-state index contributed by atoms with van der Waals surface area (Å²) in [5, 5.41) is 11.3. The number of hydrogen-bond acceptors (Lipinski definition) is 8. The summed E-state index contributed by atoms with van der Waals surface area (Å²) < 4.78 is 7.76. The van der Waals surface area contributed by atoms with Gasteiger partial charge < -0.3 is 20.4 Å². The summed E-state index contributed by atoms with van der Waals surface area (Å²) in [6.07, 6.45) is 11.0. The number of rotatable bonds is 6. The number of anilines is 1. The fraction of sp³-hybridized carbons (Fsp3) is 0.640. The lowest BCUT2D eigenvalue weighted by atomic mass is 9.86. The monoisotopic (exact) mass is 465 g/mol. The van der Waals surface area contributed by atoms with Crippen LogP contribution >= 0.6 is 0 Å². The summed E-state index contributed by atoms with van der Waals surface area (Å²) in [5.74, 6) is 1.54. The molecule has 9 heteroatoms. The van der Waals surface area contributed by atoms with Crippen LogP contribution in [0.2, 0.25) is 0 Å². The van der Waals surface area contributed by atoms with E-state index in [4.69, 9.17) is 25.1 Å². The number of fused-ring (bicyclic) bond motifs is 1. The van der Waals surface area contributed by atoms with Gasteiger partial charge in [-0.25, -0.2) is 15.0 Å². The Bertz CT molecular complexity index is 1160. The molecule has 3 fully saturated rings. The first-order valence-electron chi connectivity index (χ1n) is 12.6. The first kappa shape index (κ1) is 23.0. The van der Waals surface area contributed by atoms with Crippen LogP contribution in [0.3, 0.4) is 0 Å². The van der Waals surface area contributed by atoms with E-state index < -0.39 is 0 Å². The molecule has 9 nitrogen and oxygen atoms in total. The molecule has 0 spiro atoms. The van der Waals surface area contributed by atoms with Crippen LogP contribution in [0, 0.1) is 12.3 Å². The highest BCUT2D eigenvalue weighted by Crippen LogP contribution is 2.35. The topological polar surface area (TPSA) is 109 Å². The zero-order chi connectivity index (χ0) is 23.8. The summed E-state index contributed by atoms with van der Waals surface area (Å²) >= 11 is 0. The zero-order valence-electron chi connectivity index (χ0n) is 20.4. The Balaban J connectivity index is 1.54. The lowest BCUT2D eigenvalue weighted by molar-refractivity contribution is 0.00650. The van der Waals surface area contributed by atoms with E-state index in [1.54, 1.807) is 11.6 Å². The van der Waals surface area contributed by atoms with Crippen LogP contribution in [0.4, 0.5) is 5.95 Å². The van der Waals surface area contributed by atoms with Gasteiger partial charge in [0.2, 0.25) is 5.95 Å². The molecule has 34 heavy (non-hydrogen) atoms. The minimum Gasteiger partial charge on any atom is -0.388 e. The van der Waals surface area contributed by atoms with Gasteiger partial charge in [-0.15, -0.1) is 0 Å². The molecule has 2 saturated carbocycles. The van der Waals surface area contributed by atoms with Crippen molar-refractivity contribution in [2.75, 3.05) is 18.0 Å². The second-order valence-electron chi connectivity index (χ2n) is 10.0. The third-order valence-electron chi connectivity index (χ3n) is 7.30. The number of aromatic nitrogens is 4. The van der Waals surface area contributed by atoms with Crippen molar-refractivity contribution in [1.29, 1.82) is 5.41 Å². The quantitative estimate of drug-likeness (QED) is 0.631. The predicted octanol–water partition coefficient (Wildman–Crippen LogP) is 2.96. The van der Waals surface area contributed by atoms with Gasteiger partial charge in [-0.1, -0.05) is 19.3 Å². The summed E-state index contributed by atoms with van der Waals surface area (Å²) in [4.78, 5) is 29.9. The maximum Gasteiger partial charge on any atom is 0.279 e. The maximum absolute atomic E-state index is 13.2. The maximum atomic E-state index is 13.2. The van der Waals surface area contributed by atoms with Crippen LogP contribution in [0.25, 0.3) is 11.0 Å². The average molecular weight is 466 g/mol. The van der Waals surface area contributed by atoms with Crippen LogP contribution < -0.4 is 15.8 Å². The van der Waals surface area contributed by atoms with Crippen molar-refractivity contribution < 1.29 is 4.74 Å². The lowest BCUT2D eigenvalue weighted by Gasteiger charge is -2.37. The van der Waals surface area contributed by atoms with Crippen molar-refractivity contribution >= 4 is 23.2 Å². The Morgan fingerprint density at radius 3 is 2.56 bits per heavy atom. The fourth-order valence-electron chi connectivity index (χ4n) is 5.05. The molecule has 2 unspecified atom stereocenters. The highest BCUT2D eigenvalue weighted by molar-refractivity contribution is 5.78. The van der Waals surface area contributed by atoms with Crippen molar-refractivity contribution in [3.8, 4) is 0 Å². The predicted molar refractivity (Wildman–Crippen MR) is 133 cm³/mol. The van der Waals surface area contributed by atoms with Gasteiger partial charge >= 0.3 is 0 Å². The summed E-state index contributed by atoms with van der Waals surface area (Å²) in [5.41, 5.74) is 2.64. The van der Waals surface area contributed by atoms with Gasteiger partial charge in [0.15, 0.2) is 5.52 Å². The van der Waals surface area contributed by atoms with Crippen molar-refractivity contribution in [1.82, 2.24) is 24.8 Å². The van der Waals surface area contributed by atoms with Crippen molar-refractivity contribution in [3.63, 3.8) is 0 Å². The average Bonchev–Trinajstić information content (AvgIpc) is 3.67. The standard InChI is InChI=1S/C25H35N7O2/c1-15-13-32(14-20(34-15)18(11-26)12-27-19-9-10-19)25-29-21(17-7-5-4-6-8-17)22-23(30-25)24(33)31(3)16(2)28-22/h11-12,15,17,19-20,26-27H,4-10,13-14H2,1-3H3/b18-12+,26-11?. The van der Waals surface area contributed by atoms with Gasteiger partial charge in [0.25, 0.3) is 5.56 Å². The van der Waals surface area contributed by atoms with Crippen LogP contribution in [-0.4, -0.2) is 57.1 Å². The molecule has 0 amide bonds. The number of nitrogens with zero attached hydrogens (tertiary/aromatic N) is 5. The van der Waals surface area contributed by atoms with Gasteiger partial charge in [-0.3, -0.25) is 9.36 Å². The molecule has 182 valence electrons. The molecule has 2 atom stereocenters. The number of hydrogen-bond donors (Lipinski definition) is 2. The molecule has 2 aliphatic carbocycles. The van der Waals surface area contributed by atoms with Gasteiger partial charge in [-0.2, -0.15) is 0 Å². The van der Waals surface area contributed by atoms with Gasteiger partial charge in [0, 0.05) is 43.5 Å². The molecule has 5 rings (SSSR count). The number of nitrogens with one attached hydrogen (secondary N) is 2. The van der Waals surface area contributed by atoms with E-state index in [0.717, 1.165) is 24.1 Å². The molecular formula is C25H35N7O2. The highest BCUT2D eigenvalue weighted by atomic mass is 16.5. The van der Waals surface area contributed by atoms with E-state index in [9.17, 15) is 4.79 Å². The minimum absolute atomic E-state index is 0.0561. The van der Waals surface area contributed by atoms with E-state index in [1.165, 1.54) is 38.3 Å². The van der Waals surface area contributed by atoms with Gasteiger partial charge in [0.05, 0.1) is 18.3 Å². The molecule has 0 radical (unpaired) electrons. The molecule has 2 N–H and O–H groups in total. The van der Waals surface area contributed by atoms with Gasteiger partial charge in [0.1, 0.15) is 17.4 Å². The number of ether oxygens (including phenoxy) is 1. The summed E-state index contributed by atoms with van der Waals surface area (Å²) in [6, 6.07) is 0.515. The van der Waals surface area contributed by atoms with Crippen molar-refractivity contribution in [2.45, 2.75) is 83.0 Å². The Morgan fingerprint density at radius 2 is 1.85 bits per heavy atom. The van der Waals surface area contributed by atoms with Crippen LogP contribution in [-0.2, 0) is 11.8 Å².